The van der Waals surface area contributed by atoms with Crippen LogP contribution in [0.25, 0.3) is 0 Å². The molecule has 1 aliphatic heterocycles. The molecule has 4 rings (SSSR count). The van der Waals surface area contributed by atoms with Gasteiger partial charge in [0.25, 0.3) is 0 Å². The normalized spacial score (nSPS) is 15.0. The molecule has 3 aromatic rings. The Bertz CT molecular complexity index is 916. The minimum Gasteiger partial charge on any atom is -0.508 e. The third kappa shape index (κ3) is 5.82. The first-order valence-electron chi connectivity index (χ1n) is 9.80. The maximum absolute atomic E-state index is 9.85. The zero-order chi connectivity index (χ0) is 19.3. The average Bonchev–Trinajstić information content (AvgIpc) is 2.73. The molecule has 1 fully saturated rings. The van der Waals surface area contributed by atoms with Crippen molar-refractivity contribution >= 4 is 30.5 Å². The van der Waals surface area contributed by atoms with Gasteiger partial charge in [0.05, 0.1) is 0 Å². The molecular formula is C24H28Cl2N2O2. The van der Waals surface area contributed by atoms with Gasteiger partial charge >= 0.3 is 0 Å². The van der Waals surface area contributed by atoms with E-state index in [9.17, 15) is 10.2 Å². The highest BCUT2D eigenvalue weighted by molar-refractivity contribution is 5.85. The highest BCUT2D eigenvalue weighted by Gasteiger charge is 2.25. The molecule has 0 aromatic heterocycles. The van der Waals surface area contributed by atoms with Crippen LogP contribution in [0, 0.1) is 0 Å². The molecule has 6 heteroatoms. The third-order valence-corrected chi connectivity index (χ3v) is 5.47. The van der Waals surface area contributed by atoms with Gasteiger partial charge in [-0.25, -0.2) is 0 Å². The van der Waals surface area contributed by atoms with Gasteiger partial charge < -0.3 is 15.1 Å². The number of nitrogens with zero attached hydrogens (tertiary/aromatic N) is 2. The van der Waals surface area contributed by atoms with E-state index in [1.807, 2.05) is 24.3 Å². The summed E-state index contributed by atoms with van der Waals surface area (Å²) in [7, 11) is 0. The minimum atomic E-state index is 0. The van der Waals surface area contributed by atoms with Gasteiger partial charge in [-0.05, 0) is 41.8 Å². The summed E-state index contributed by atoms with van der Waals surface area (Å²) < 4.78 is 0. The Morgan fingerprint density at radius 1 is 0.700 bits per heavy atom. The van der Waals surface area contributed by atoms with Crippen LogP contribution in [0.2, 0.25) is 0 Å². The second kappa shape index (κ2) is 11.1. The topological polar surface area (TPSA) is 46.9 Å². The van der Waals surface area contributed by atoms with Crippen LogP contribution in [0.1, 0.15) is 17.2 Å². The van der Waals surface area contributed by atoms with Crippen molar-refractivity contribution in [1.82, 2.24) is 4.90 Å². The molecule has 30 heavy (non-hydrogen) atoms. The van der Waals surface area contributed by atoms with Crippen molar-refractivity contribution < 1.29 is 10.2 Å². The van der Waals surface area contributed by atoms with Crippen molar-refractivity contribution in [2.75, 3.05) is 31.1 Å². The fourth-order valence-electron chi connectivity index (χ4n) is 4.02. The van der Waals surface area contributed by atoms with Gasteiger partial charge in [0.15, 0.2) is 0 Å². The summed E-state index contributed by atoms with van der Waals surface area (Å²) in [5.41, 5.74) is 3.52. The second-order valence-corrected chi connectivity index (χ2v) is 7.34. The average molecular weight is 447 g/mol. The molecule has 2 N–H and O–H groups in total. The van der Waals surface area contributed by atoms with Crippen molar-refractivity contribution in [3.63, 3.8) is 0 Å². The van der Waals surface area contributed by atoms with E-state index in [-0.39, 0.29) is 30.9 Å². The van der Waals surface area contributed by atoms with E-state index in [2.05, 4.69) is 52.3 Å². The summed E-state index contributed by atoms with van der Waals surface area (Å²) in [5, 5.41) is 19.6. The van der Waals surface area contributed by atoms with Gasteiger partial charge in [0.1, 0.15) is 11.5 Å². The molecule has 3 aromatic carbocycles. The fourth-order valence-corrected chi connectivity index (χ4v) is 4.02. The smallest absolute Gasteiger partial charge is 0.117 e. The Labute approximate surface area is 190 Å². The molecule has 0 radical (unpaired) electrons. The Kier molecular flexibility index (Phi) is 8.85. The monoisotopic (exact) mass is 446 g/mol. The maximum atomic E-state index is 9.85. The predicted octanol–water partition coefficient (Wildman–Crippen LogP) is 5.05. The summed E-state index contributed by atoms with van der Waals surface area (Å²) in [6.07, 6.45) is 0.866. The zero-order valence-electron chi connectivity index (χ0n) is 16.7. The molecule has 1 saturated heterocycles. The van der Waals surface area contributed by atoms with E-state index in [4.69, 9.17) is 0 Å². The summed E-state index contributed by atoms with van der Waals surface area (Å²) in [5.74, 6) is 0.629. The van der Waals surface area contributed by atoms with Crippen LogP contribution < -0.4 is 4.90 Å². The van der Waals surface area contributed by atoms with Gasteiger partial charge in [-0.15, -0.1) is 24.8 Å². The van der Waals surface area contributed by atoms with Crippen LogP contribution in [0.3, 0.4) is 0 Å². The van der Waals surface area contributed by atoms with Crippen LogP contribution in [0.5, 0.6) is 11.5 Å². The van der Waals surface area contributed by atoms with Crippen molar-refractivity contribution in [1.29, 1.82) is 0 Å². The van der Waals surface area contributed by atoms with Gasteiger partial charge in [-0.3, -0.25) is 4.90 Å². The Hall–Kier alpha value is -2.40. The van der Waals surface area contributed by atoms with E-state index >= 15 is 0 Å². The van der Waals surface area contributed by atoms with Gasteiger partial charge in [-0.1, -0.05) is 48.5 Å². The number of phenolic OH excluding ortho intramolecular Hbond substituents is 2. The lowest BCUT2D eigenvalue weighted by molar-refractivity contribution is 0.184. The van der Waals surface area contributed by atoms with Crippen molar-refractivity contribution in [3.8, 4) is 11.5 Å². The first-order chi connectivity index (χ1) is 13.7. The highest BCUT2D eigenvalue weighted by Crippen LogP contribution is 2.29. The van der Waals surface area contributed by atoms with Crippen LogP contribution >= 0.6 is 24.8 Å². The summed E-state index contributed by atoms with van der Waals surface area (Å²) >= 11 is 0. The van der Waals surface area contributed by atoms with Crippen LogP contribution in [0.4, 0.5) is 5.69 Å². The number of halogens is 2. The number of rotatable bonds is 5. The molecule has 1 aliphatic rings. The van der Waals surface area contributed by atoms with E-state index in [1.165, 1.54) is 5.56 Å². The Morgan fingerprint density at radius 2 is 1.33 bits per heavy atom. The van der Waals surface area contributed by atoms with Gasteiger partial charge in [-0.2, -0.15) is 0 Å². The zero-order valence-corrected chi connectivity index (χ0v) is 18.4. The molecule has 0 spiro atoms. The first kappa shape index (κ1) is 23.9. The van der Waals surface area contributed by atoms with Crippen molar-refractivity contribution in [2.24, 2.45) is 0 Å². The SMILES string of the molecule is Cl.Cl.Oc1cccc(CC(c2ccccc2)N2CCN(c3cccc(O)c3)CC2)c1. The first-order valence-corrected chi connectivity index (χ1v) is 9.80. The third-order valence-electron chi connectivity index (χ3n) is 5.47. The van der Waals surface area contributed by atoms with Crippen LogP contribution in [-0.4, -0.2) is 41.3 Å². The molecule has 1 unspecified atom stereocenters. The van der Waals surface area contributed by atoms with E-state index in [1.54, 1.807) is 12.1 Å². The molecule has 0 amide bonds. The van der Waals surface area contributed by atoms with Crippen LogP contribution in [-0.2, 0) is 6.42 Å². The molecule has 4 nitrogen and oxygen atoms in total. The molecular weight excluding hydrogens is 419 g/mol. The number of benzene rings is 3. The quantitative estimate of drug-likeness (QED) is 0.575. The summed E-state index contributed by atoms with van der Waals surface area (Å²) in [6.45, 7) is 3.75. The lowest BCUT2D eigenvalue weighted by Gasteiger charge is -2.40. The summed E-state index contributed by atoms with van der Waals surface area (Å²) in [4.78, 5) is 4.85. The molecule has 1 heterocycles. The molecule has 0 bridgehead atoms. The van der Waals surface area contributed by atoms with E-state index in [0.29, 0.717) is 11.5 Å². The number of hydrogen-bond acceptors (Lipinski definition) is 4. The number of phenols is 2. The van der Waals surface area contributed by atoms with Gasteiger partial charge in [0, 0.05) is 44.0 Å². The minimum absolute atomic E-state index is 0. The number of piperazine rings is 1. The number of aromatic hydroxyl groups is 2. The summed E-state index contributed by atoms with van der Waals surface area (Å²) in [6, 6.07) is 25.9. The maximum Gasteiger partial charge on any atom is 0.117 e. The Morgan fingerprint density at radius 3 is 1.97 bits per heavy atom. The molecule has 0 saturated carbocycles. The lowest BCUT2D eigenvalue weighted by atomic mass is 9.96. The largest absolute Gasteiger partial charge is 0.508 e. The molecule has 160 valence electrons. The van der Waals surface area contributed by atoms with Crippen LogP contribution in [0.15, 0.2) is 78.9 Å². The number of hydrogen-bond donors (Lipinski definition) is 2. The predicted molar refractivity (Wildman–Crippen MR) is 127 cm³/mol. The molecule has 1 atom stereocenters. The fraction of sp³-hybridized carbons (Fsp3) is 0.250. The standard InChI is InChI=1S/C24H26N2O2.2ClH/c27-22-10-4-6-19(16-22)17-24(20-7-2-1-3-8-20)26-14-12-25(13-15-26)21-9-5-11-23(28)18-21;;/h1-11,16,18,24,27-28H,12-15,17H2;2*1H. The van der Waals surface area contributed by atoms with E-state index in [0.717, 1.165) is 43.9 Å². The van der Waals surface area contributed by atoms with Crippen molar-refractivity contribution in [3.05, 3.63) is 90.0 Å². The highest BCUT2D eigenvalue weighted by atomic mass is 35.5. The van der Waals surface area contributed by atoms with Crippen molar-refractivity contribution in [2.45, 2.75) is 12.5 Å². The van der Waals surface area contributed by atoms with E-state index < -0.39 is 0 Å². The lowest BCUT2D eigenvalue weighted by Crippen LogP contribution is -2.48. The second-order valence-electron chi connectivity index (χ2n) is 7.34. The molecule has 0 aliphatic carbocycles. The van der Waals surface area contributed by atoms with Gasteiger partial charge in [0.2, 0.25) is 0 Å². The number of anilines is 1. The Balaban J connectivity index is 0.00000160.